The number of aliphatic hydroxyl groups is 1. The van der Waals surface area contributed by atoms with E-state index in [0.717, 1.165) is 0 Å². The van der Waals surface area contributed by atoms with Crippen molar-refractivity contribution in [3.8, 4) is 0 Å². The summed E-state index contributed by atoms with van der Waals surface area (Å²) in [5.41, 5.74) is 6.56. The van der Waals surface area contributed by atoms with Gasteiger partial charge in [-0.25, -0.2) is 9.78 Å². The number of rotatable bonds is 13. The first-order chi connectivity index (χ1) is 15.0. The van der Waals surface area contributed by atoms with Gasteiger partial charge in [0.2, 0.25) is 17.7 Å². The number of carboxylic acids is 1. The Labute approximate surface area is 186 Å². The van der Waals surface area contributed by atoms with E-state index in [9.17, 15) is 29.4 Å². The Bertz CT molecular complexity index is 769. The van der Waals surface area contributed by atoms with Crippen molar-refractivity contribution >= 4 is 23.7 Å². The van der Waals surface area contributed by atoms with Crippen molar-refractivity contribution in [3.05, 3.63) is 18.2 Å². The molecule has 0 radical (unpaired) electrons. The summed E-state index contributed by atoms with van der Waals surface area (Å²) in [6, 6.07) is -4.51. The minimum Gasteiger partial charge on any atom is -0.480 e. The molecule has 1 heterocycles. The van der Waals surface area contributed by atoms with E-state index in [2.05, 4.69) is 25.9 Å². The number of nitrogens with zero attached hydrogens (tertiary/aromatic N) is 1. The van der Waals surface area contributed by atoms with Gasteiger partial charge in [-0.1, -0.05) is 34.1 Å². The maximum absolute atomic E-state index is 12.8. The second-order valence-corrected chi connectivity index (χ2v) is 8.07. The van der Waals surface area contributed by atoms with Gasteiger partial charge in [0.05, 0.1) is 19.0 Å². The lowest BCUT2D eigenvalue weighted by Gasteiger charge is -2.27. The van der Waals surface area contributed by atoms with E-state index >= 15 is 0 Å². The van der Waals surface area contributed by atoms with Gasteiger partial charge in [0, 0.05) is 18.3 Å². The van der Waals surface area contributed by atoms with Crippen molar-refractivity contribution in [2.24, 2.45) is 17.6 Å². The highest BCUT2D eigenvalue weighted by Gasteiger charge is 2.32. The standard InChI is InChI=1S/C20H34N6O6/c1-5-11(4)16(20(31)32)26-18(29)14(8-27)24-19(30)15(10(2)3)25-17(28)13(21)6-12-7-22-9-23-12/h7,9-11,13-16,27H,5-6,8,21H2,1-4H3,(H,22,23)(H,24,30)(H,25,28)(H,26,29)(H,31,32). The van der Waals surface area contributed by atoms with Gasteiger partial charge in [-0.2, -0.15) is 0 Å². The number of hydrogen-bond donors (Lipinski definition) is 7. The number of carbonyl (C=O) groups is 4. The maximum atomic E-state index is 12.8. The third-order valence-electron chi connectivity index (χ3n) is 5.17. The largest absolute Gasteiger partial charge is 0.480 e. The average molecular weight is 455 g/mol. The number of carbonyl (C=O) groups excluding carboxylic acids is 3. The number of imidazole rings is 1. The minimum atomic E-state index is -1.38. The van der Waals surface area contributed by atoms with Crippen LogP contribution in [0.1, 0.15) is 39.8 Å². The SMILES string of the molecule is CCC(C)C(NC(=O)C(CO)NC(=O)C(NC(=O)C(N)Cc1cnc[nH]1)C(C)C)C(=O)O. The molecule has 12 heteroatoms. The van der Waals surface area contributed by atoms with E-state index in [0.29, 0.717) is 12.1 Å². The zero-order valence-electron chi connectivity index (χ0n) is 18.8. The number of aromatic nitrogens is 2. The van der Waals surface area contributed by atoms with E-state index < -0.39 is 54.5 Å². The van der Waals surface area contributed by atoms with E-state index in [-0.39, 0.29) is 18.3 Å². The first kappa shape index (κ1) is 27.0. The molecule has 0 fully saturated rings. The zero-order valence-corrected chi connectivity index (χ0v) is 18.8. The number of aliphatic hydroxyl groups excluding tert-OH is 1. The van der Waals surface area contributed by atoms with Crippen molar-refractivity contribution in [3.63, 3.8) is 0 Å². The molecular weight excluding hydrogens is 420 g/mol. The van der Waals surface area contributed by atoms with Crippen molar-refractivity contribution in [2.75, 3.05) is 6.61 Å². The van der Waals surface area contributed by atoms with Crippen LogP contribution in [-0.4, -0.2) is 74.6 Å². The molecule has 12 nitrogen and oxygen atoms in total. The van der Waals surface area contributed by atoms with Crippen LogP contribution in [0.2, 0.25) is 0 Å². The molecule has 3 amide bonds. The molecule has 0 bridgehead atoms. The Morgan fingerprint density at radius 3 is 2.16 bits per heavy atom. The number of nitrogens with two attached hydrogens (primary N) is 1. The fraction of sp³-hybridized carbons (Fsp3) is 0.650. The van der Waals surface area contributed by atoms with Gasteiger partial charge in [0.1, 0.15) is 18.1 Å². The molecule has 0 aliphatic rings. The Morgan fingerprint density at radius 1 is 1.06 bits per heavy atom. The smallest absolute Gasteiger partial charge is 0.326 e. The minimum absolute atomic E-state index is 0.187. The van der Waals surface area contributed by atoms with Crippen LogP contribution in [0.4, 0.5) is 0 Å². The van der Waals surface area contributed by atoms with E-state index in [4.69, 9.17) is 5.73 Å². The van der Waals surface area contributed by atoms with Crippen LogP contribution in [0.15, 0.2) is 12.5 Å². The zero-order chi connectivity index (χ0) is 24.4. The lowest BCUT2D eigenvalue weighted by Crippen LogP contribution is -2.59. The lowest BCUT2D eigenvalue weighted by molar-refractivity contribution is -0.144. The summed E-state index contributed by atoms with van der Waals surface area (Å²) < 4.78 is 0. The number of hydrogen-bond acceptors (Lipinski definition) is 7. The molecule has 0 aliphatic carbocycles. The fourth-order valence-corrected chi connectivity index (χ4v) is 2.91. The molecule has 1 rings (SSSR count). The Morgan fingerprint density at radius 2 is 1.69 bits per heavy atom. The maximum Gasteiger partial charge on any atom is 0.326 e. The molecule has 5 atom stereocenters. The van der Waals surface area contributed by atoms with Gasteiger partial charge in [-0.05, 0) is 11.8 Å². The van der Waals surface area contributed by atoms with Gasteiger partial charge in [0.25, 0.3) is 0 Å². The molecule has 0 saturated carbocycles. The second-order valence-electron chi connectivity index (χ2n) is 8.07. The topological polar surface area (TPSA) is 200 Å². The van der Waals surface area contributed by atoms with Gasteiger partial charge in [-0.15, -0.1) is 0 Å². The third-order valence-corrected chi connectivity index (χ3v) is 5.17. The summed E-state index contributed by atoms with van der Waals surface area (Å²) in [6.45, 7) is 6.10. The molecule has 1 aromatic rings. The number of aliphatic carboxylic acids is 1. The van der Waals surface area contributed by atoms with Gasteiger partial charge in [-0.3, -0.25) is 14.4 Å². The summed E-state index contributed by atoms with van der Waals surface area (Å²) >= 11 is 0. The quantitative estimate of drug-likeness (QED) is 0.187. The van der Waals surface area contributed by atoms with Crippen LogP contribution in [0.25, 0.3) is 0 Å². The van der Waals surface area contributed by atoms with Crippen LogP contribution in [-0.2, 0) is 25.6 Å². The van der Waals surface area contributed by atoms with Crippen molar-refractivity contribution < 1.29 is 29.4 Å². The van der Waals surface area contributed by atoms with E-state index in [1.54, 1.807) is 27.7 Å². The second kappa shape index (κ2) is 12.8. The summed E-state index contributed by atoms with van der Waals surface area (Å²) in [5, 5.41) is 26.2. The Kier molecular flexibility index (Phi) is 10.8. The van der Waals surface area contributed by atoms with Crippen LogP contribution < -0.4 is 21.7 Å². The van der Waals surface area contributed by atoms with Crippen LogP contribution >= 0.6 is 0 Å². The molecule has 0 spiro atoms. The molecule has 180 valence electrons. The van der Waals surface area contributed by atoms with Gasteiger partial charge in [0.15, 0.2) is 0 Å². The van der Waals surface area contributed by atoms with Crippen molar-refractivity contribution in [1.82, 2.24) is 25.9 Å². The average Bonchev–Trinajstić information content (AvgIpc) is 3.25. The summed E-state index contributed by atoms with van der Waals surface area (Å²) in [7, 11) is 0. The van der Waals surface area contributed by atoms with Crippen LogP contribution in [0.3, 0.4) is 0 Å². The number of aromatic amines is 1. The highest BCUT2D eigenvalue weighted by molar-refractivity contribution is 5.94. The predicted molar refractivity (Wildman–Crippen MR) is 115 cm³/mol. The monoisotopic (exact) mass is 454 g/mol. The van der Waals surface area contributed by atoms with Crippen LogP contribution in [0.5, 0.6) is 0 Å². The molecule has 1 aromatic heterocycles. The molecule has 0 saturated heterocycles. The van der Waals surface area contributed by atoms with Gasteiger partial charge < -0.3 is 36.9 Å². The summed E-state index contributed by atoms with van der Waals surface area (Å²) in [6.07, 6.45) is 3.69. The molecule has 8 N–H and O–H groups in total. The number of amides is 3. The molecule has 0 aliphatic heterocycles. The predicted octanol–water partition coefficient (Wildman–Crippen LogP) is -1.49. The summed E-state index contributed by atoms with van der Waals surface area (Å²) in [4.78, 5) is 55.8. The number of H-pyrrole nitrogens is 1. The summed E-state index contributed by atoms with van der Waals surface area (Å²) in [5.74, 6) is -4.03. The van der Waals surface area contributed by atoms with Crippen molar-refractivity contribution in [1.29, 1.82) is 0 Å². The first-order valence-corrected chi connectivity index (χ1v) is 10.5. The van der Waals surface area contributed by atoms with Gasteiger partial charge >= 0.3 is 5.97 Å². The highest BCUT2D eigenvalue weighted by atomic mass is 16.4. The van der Waals surface area contributed by atoms with E-state index in [1.807, 2.05) is 0 Å². The highest BCUT2D eigenvalue weighted by Crippen LogP contribution is 2.09. The van der Waals surface area contributed by atoms with Crippen molar-refractivity contribution in [2.45, 2.75) is 64.7 Å². The molecule has 32 heavy (non-hydrogen) atoms. The van der Waals surface area contributed by atoms with Crippen LogP contribution in [0, 0.1) is 11.8 Å². The Hall–Kier alpha value is -2.99. The first-order valence-electron chi connectivity index (χ1n) is 10.5. The Balaban J connectivity index is 2.80. The lowest BCUT2D eigenvalue weighted by atomic mass is 9.98. The molecule has 0 aromatic carbocycles. The fourth-order valence-electron chi connectivity index (χ4n) is 2.91. The normalized spacial score (nSPS) is 15.8. The van der Waals surface area contributed by atoms with E-state index in [1.165, 1.54) is 12.5 Å². The third kappa shape index (κ3) is 7.93. The molecule has 5 unspecified atom stereocenters. The number of nitrogens with one attached hydrogen (secondary N) is 4. The number of carboxylic acid groups (broad SMARTS) is 1. The molecular formula is C20H34N6O6.